The van der Waals surface area contributed by atoms with E-state index in [1.165, 1.54) is 122 Å². The van der Waals surface area contributed by atoms with Crippen LogP contribution >= 0.6 is 0 Å². The summed E-state index contributed by atoms with van der Waals surface area (Å²) in [6.07, 6.45) is 1.99. The van der Waals surface area contributed by atoms with E-state index in [0.717, 1.165) is 35.2 Å². The highest BCUT2D eigenvalue weighted by Gasteiger charge is 2.55. The lowest BCUT2D eigenvalue weighted by Crippen LogP contribution is -2.27. The van der Waals surface area contributed by atoms with Crippen LogP contribution in [-0.2, 0) is 23.7 Å². The van der Waals surface area contributed by atoms with Crippen LogP contribution in [0.2, 0.25) is 0 Å². The summed E-state index contributed by atoms with van der Waals surface area (Å²) in [5.41, 5.74) is 27.7. The summed E-state index contributed by atoms with van der Waals surface area (Å²) in [6.45, 7) is 4.55. The number of rotatable bonds is 2. The van der Waals surface area contributed by atoms with E-state index < -0.39 is 0 Å². The molecule has 2 spiro atoms. The molecule has 0 fully saturated rings. The number of hydrogen-bond acceptors (Lipinski definition) is 2. The van der Waals surface area contributed by atoms with Gasteiger partial charge in [-0.3, -0.25) is 0 Å². The minimum Gasteiger partial charge on any atom is -0.456 e. The van der Waals surface area contributed by atoms with Gasteiger partial charge >= 0.3 is 0 Å². The Balaban J connectivity index is 0.000000124. The first-order valence-electron chi connectivity index (χ1n) is 24.2. The minimum atomic E-state index is -0.377. The van der Waals surface area contributed by atoms with Crippen molar-refractivity contribution < 1.29 is 8.83 Å². The first kappa shape index (κ1) is 38.0. The Hall–Kier alpha value is -8.20. The summed E-state index contributed by atoms with van der Waals surface area (Å²) in [7, 11) is 0. The summed E-state index contributed by atoms with van der Waals surface area (Å²) in [6, 6.07) is 75.6. The van der Waals surface area contributed by atoms with E-state index in [9.17, 15) is 0 Å². The molecule has 0 N–H and O–H groups in total. The van der Waals surface area contributed by atoms with Gasteiger partial charge in [0.1, 0.15) is 22.3 Å². The van der Waals surface area contributed by atoms with Crippen LogP contribution in [0.5, 0.6) is 0 Å². The van der Waals surface area contributed by atoms with Crippen LogP contribution in [0.3, 0.4) is 0 Å². The van der Waals surface area contributed by atoms with Gasteiger partial charge in [0.05, 0.1) is 10.8 Å². The molecule has 2 unspecified atom stereocenters. The molecule has 12 aromatic rings. The summed E-state index contributed by atoms with van der Waals surface area (Å²) in [5, 5.41) is 4.82. The molecule has 0 saturated carbocycles. The van der Waals surface area contributed by atoms with E-state index in [4.69, 9.17) is 8.83 Å². The fourth-order valence-corrected chi connectivity index (χ4v) is 13.7. The van der Waals surface area contributed by atoms with Crippen molar-refractivity contribution in [3.8, 4) is 44.5 Å². The van der Waals surface area contributed by atoms with Crippen LogP contribution in [0.1, 0.15) is 69.5 Å². The average molecular weight is 869 g/mol. The van der Waals surface area contributed by atoms with Gasteiger partial charge in [0.2, 0.25) is 0 Å². The lowest BCUT2D eigenvalue weighted by atomic mass is 9.68. The van der Waals surface area contributed by atoms with Crippen LogP contribution in [0.15, 0.2) is 215 Å². The monoisotopic (exact) mass is 868 g/mol. The van der Waals surface area contributed by atoms with Gasteiger partial charge in [0, 0.05) is 27.1 Å². The Morgan fingerprint density at radius 3 is 1.25 bits per heavy atom. The molecule has 16 rings (SSSR count). The van der Waals surface area contributed by atoms with Crippen molar-refractivity contribution in [2.45, 2.75) is 37.5 Å². The van der Waals surface area contributed by atoms with E-state index in [1.54, 1.807) is 0 Å². The van der Waals surface area contributed by atoms with Crippen molar-refractivity contribution in [2.75, 3.05) is 0 Å². The molecule has 0 aliphatic heterocycles. The molecule has 2 aromatic heterocycles. The van der Waals surface area contributed by atoms with E-state index in [0.29, 0.717) is 0 Å². The second-order valence-corrected chi connectivity index (χ2v) is 19.0. The molecule has 2 atom stereocenters. The van der Waals surface area contributed by atoms with Crippen molar-refractivity contribution in [1.82, 2.24) is 0 Å². The van der Waals surface area contributed by atoms with Gasteiger partial charge in [-0.2, -0.15) is 0 Å². The van der Waals surface area contributed by atoms with Crippen molar-refractivity contribution in [3.63, 3.8) is 0 Å². The summed E-state index contributed by atoms with van der Waals surface area (Å²) >= 11 is 0. The molecule has 4 aliphatic carbocycles. The largest absolute Gasteiger partial charge is 0.456 e. The molecular weight excluding hydrogens is 825 g/mol. The maximum atomic E-state index is 6.72. The third kappa shape index (κ3) is 4.49. The van der Waals surface area contributed by atoms with Crippen LogP contribution in [0, 0.1) is 0 Å². The average Bonchev–Trinajstić information content (AvgIpc) is 4.23. The van der Waals surface area contributed by atoms with Gasteiger partial charge in [-0.25, -0.2) is 0 Å². The molecule has 0 radical (unpaired) electrons. The van der Waals surface area contributed by atoms with Gasteiger partial charge < -0.3 is 8.83 Å². The van der Waals surface area contributed by atoms with Crippen molar-refractivity contribution in [3.05, 3.63) is 262 Å². The van der Waals surface area contributed by atoms with Crippen molar-refractivity contribution in [2.24, 2.45) is 0 Å². The molecule has 0 bridgehead atoms. The molecule has 0 saturated heterocycles. The van der Waals surface area contributed by atoms with Crippen LogP contribution < -0.4 is 0 Å². The third-order valence-electron chi connectivity index (χ3n) is 16.1. The minimum absolute atomic E-state index is 0.351. The molecule has 2 heterocycles. The van der Waals surface area contributed by atoms with Crippen LogP contribution in [0.4, 0.5) is 0 Å². The maximum absolute atomic E-state index is 6.72. The highest BCUT2D eigenvalue weighted by molar-refractivity contribution is 6.14. The molecule has 4 aliphatic rings. The van der Waals surface area contributed by atoms with E-state index >= 15 is 0 Å². The molecule has 2 heteroatoms. The lowest BCUT2D eigenvalue weighted by Gasteiger charge is -2.32. The van der Waals surface area contributed by atoms with Gasteiger partial charge in [-0.15, -0.1) is 0 Å². The third-order valence-corrected chi connectivity index (χ3v) is 16.1. The smallest absolute Gasteiger partial charge is 0.140 e. The number of fused-ring (bicyclic) bond motifs is 28. The Kier molecular flexibility index (Phi) is 7.64. The van der Waals surface area contributed by atoms with Crippen molar-refractivity contribution >= 4 is 43.9 Å². The second-order valence-electron chi connectivity index (χ2n) is 19.0. The van der Waals surface area contributed by atoms with Gasteiger partial charge in [0.15, 0.2) is 0 Å². The SMILES string of the molecule is CCc1cccc2c1C1(c3ccccc3-2)c2ccccc2-c2ccc3c(oc4ccccc43)c21.CCc1cccc2c1C1(c3ccccc3-2)c2ccccc2-c2ccc3oc4ccccc4c3c21. The quantitative estimate of drug-likeness (QED) is 0.173. The molecule has 2 nitrogen and oxygen atoms in total. The Labute approximate surface area is 394 Å². The zero-order valence-corrected chi connectivity index (χ0v) is 37.9. The fraction of sp³-hybridized carbons (Fsp3) is 0.0909. The molecular formula is C66H44O2. The molecule has 10 aromatic carbocycles. The predicted molar refractivity (Wildman–Crippen MR) is 279 cm³/mol. The van der Waals surface area contributed by atoms with Crippen molar-refractivity contribution in [1.29, 1.82) is 0 Å². The summed E-state index contributed by atoms with van der Waals surface area (Å²) < 4.78 is 13.1. The molecule has 320 valence electrons. The van der Waals surface area contributed by atoms with E-state index in [1.807, 2.05) is 0 Å². The number of benzene rings is 10. The second kappa shape index (κ2) is 13.7. The standard InChI is InChI=1S/2C33H22O/c1-2-20-10-9-14-23-21-11-3-6-15-26(21)33(31(20)23)27-16-7-4-12-22(27)24-18-19-29-30(32(24)33)25-13-5-8-17-28(25)34-29;1-2-20-10-9-14-24-21-11-3-6-15-27(21)33(30(20)24)28-16-7-4-12-22(28)25-18-19-26-23-13-5-8-17-29(23)34-32(26)31(25)33/h2*3-19H,2H2,1H3. The number of para-hydroxylation sites is 2. The highest BCUT2D eigenvalue weighted by atomic mass is 16.3. The van der Waals surface area contributed by atoms with E-state index in [-0.39, 0.29) is 10.8 Å². The van der Waals surface area contributed by atoms with Gasteiger partial charge in [-0.05, 0) is 132 Å². The molecule has 68 heavy (non-hydrogen) atoms. The number of aryl methyl sites for hydroxylation is 2. The topological polar surface area (TPSA) is 26.3 Å². The number of hydrogen-bond donors (Lipinski definition) is 0. The first-order chi connectivity index (χ1) is 33.7. The van der Waals surface area contributed by atoms with Gasteiger partial charge in [0.25, 0.3) is 0 Å². The van der Waals surface area contributed by atoms with E-state index in [2.05, 4.69) is 220 Å². The molecule has 0 amide bonds. The van der Waals surface area contributed by atoms with Crippen LogP contribution in [-0.4, -0.2) is 0 Å². The highest BCUT2D eigenvalue weighted by Crippen LogP contribution is 2.67. The zero-order chi connectivity index (χ0) is 44.9. The van der Waals surface area contributed by atoms with Gasteiger partial charge in [-0.1, -0.05) is 196 Å². The zero-order valence-electron chi connectivity index (χ0n) is 37.9. The normalized spacial score (nSPS) is 17.2. The Bertz CT molecular complexity index is 4110. The Morgan fingerprint density at radius 1 is 0.294 bits per heavy atom. The van der Waals surface area contributed by atoms with Crippen LogP contribution in [0.25, 0.3) is 88.4 Å². The maximum Gasteiger partial charge on any atom is 0.140 e. The Morgan fingerprint density at radius 2 is 0.706 bits per heavy atom. The first-order valence-corrected chi connectivity index (χ1v) is 24.2. The summed E-state index contributed by atoms with van der Waals surface area (Å²) in [4.78, 5) is 0. The lowest BCUT2D eigenvalue weighted by molar-refractivity contribution is 0.651. The predicted octanol–water partition coefficient (Wildman–Crippen LogP) is 17.0. The number of furan rings is 2. The summed E-state index contributed by atoms with van der Waals surface area (Å²) in [5.74, 6) is 0. The fourth-order valence-electron chi connectivity index (χ4n) is 13.7.